The van der Waals surface area contributed by atoms with Crippen LogP contribution < -0.4 is 28.7 Å². The highest BCUT2D eigenvalue weighted by atomic mass is 32.2. The number of aromatic nitrogens is 2. The fourth-order valence-electron chi connectivity index (χ4n) is 8.99. The van der Waals surface area contributed by atoms with Crippen molar-refractivity contribution in [3.8, 4) is 34.3 Å². The van der Waals surface area contributed by atoms with Crippen molar-refractivity contribution in [2.24, 2.45) is 0 Å². The fraction of sp³-hybridized carbons (Fsp3) is 0.167. The van der Waals surface area contributed by atoms with Gasteiger partial charge >= 0.3 is 0 Å². The summed E-state index contributed by atoms with van der Waals surface area (Å²) in [6.45, 7) is 6.71. The summed E-state index contributed by atoms with van der Waals surface area (Å²) in [6, 6.07) is 57.8. The lowest BCUT2D eigenvalue weighted by Gasteiger charge is -2.41. The van der Waals surface area contributed by atoms with Crippen LogP contribution in [0.5, 0.6) is 23.0 Å². The molecule has 3 heterocycles. The van der Waals surface area contributed by atoms with Gasteiger partial charge in [0.15, 0.2) is 0 Å². The first-order valence-electron chi connectivity index (χ1n) is 21.0. The van der Waals surface area contributed by atoms with E-state index >= 15 is 0 Å². The van der Waals surface area contributed by atoms with Crippen LogP contribution in [0.2, 0.25) is 0 Å². The third-order valence-corrected chi connectivity index (χ3v) is 13.3. The smallest absolute Gasteiger partial charge is 0.141 e. The molecule has 0 radical (unpaired) electrons. The minimum Gasteiger partial charge on any atom is -0.497 e. The minimum absolute atomic E-state index is 0.189. The fourth-order valence-corrected chi connectivity index (χ4v) is 10.1. The van der Waals surface area contributed by atoms with Gasteiger partial charge in [-0.05, 0) is 145 Å². The van der Waals surface area contributed by atoms with E-state index in [0.29, 0.717) is 0 Å². The Kier molecular flexibility index (Phi) is 9.95. The van der Waals surface area contributed by atoms with Crippen molar-refractivity contribution in [2.75, 3.05) is 38.2 Å². The van der Waals surface area contributed by atoms with Gasteiger partial charge in [-0.15, -0.1) is 0 Å². The molecule has 1 spiro atoms. The highest BCUT2D eigenvalue weighted by Gasteiger charge is 2.52. The molecule has 1 aromatic heterocycles. The summed E-state index contributed by atoms with van der Waals surface area (Å²) < 4.78 is 24.7. The Bertz CT molecular complexity index is 2710. The number of ether oxygens (including phenoxy) is 4. The third-order valence-electron chi connectivity index (χ3n) is 12.2. The van der Waals surface area contributed by atoms with Crippen molar-refractivity contribution in [2.45, 2.75) is 41.5 Å². The molecule has 10 rings (SSSR count). The van der Waals surface area contributed by atoms with Crippen molar-refractivity contribution in [3.05, 3.63) is 186 Å². The number of hydrogen-bond donors (Lipinski definition) is 0. The molecular weight excluding hydrogens is 801 g/mol. The van der Waals surface area contributed by atoms with E-state index in [0.717, 1.165) is 79.6 Å². The first kappa shape index (κ1) is 40.0. The predicted octanol–water partition coefficient (Wildman–Crippen LogP) is 13.4. The molecule has 0 unspecified atom stereocenters. The molecule has 9 heteroatoms. The summed E-state index contributed by atoms with van der Waals surface area (Å²) in [4.78, 5) is 6.93. The maximum absolute atomic E-state index is 5.63. The molecule has 0 atom stereocenters. The summed E-state index contributed by atoms with van der Waals surface area (Å²) in [7, 11) is 6.78. The summed E-state index contributed by atoms with van der Waals surface area (Å²) in [5.74, 6) is 3.18. The molecule has 2 aliphatic heterocycles. The normalized spacial score (nSPS) is 13.1. The first-order valence-corrected chi connectivity index (χ1v) is 21.8. The van der Waals surface area contributed by atoms with Gasteiger partial charge in [-0.25, -0.2) is 4.68 Å². The molecule has 7 aromatic carbocycles. The Morgan fingerprint density at radius 2 is 0.841 bits per heavy atom. The Hall–Kier alpha value is -7.10. The van der Waals surface area contributed by atoms with E-state index in [-0.39, 0.29) is 5.41 Å². The van der Waals surface area contributed by atoms with Crippen LogP contribution in [0.4, 0.5) is 34.1 Å². The molecule has 0 amide bonds. The topological polar surface area (TPSA) is 61.2 Å². The lowest BCUT2D eigenvalue weighted by Crippen LogP contribution is -2.39. The quantitative estimate of drug-likeness (QED) is 0.135. The van der Waals surface area contributed by atoms with Crippen LogP contribution >= 0.6 is 11.8 Å². The number of rotatable bonds is 10. The van der Waals surface area contributed by atoms with Crippen molar-refractivity contribution in [3.63, 3.8) is 0 Å². The standard InChI is InChI=1S/C54H48N4O4S/c1-53(2,3)52-34-49-45-10-8-9-11-46(45)54(58(49)55-52)47-32-39(56(35-12-22-41(59-4)23-13-35)36-14-24-42(60-5)25-15-36)20-30-50(47)63-51-31-21-40(33-48(51)54)57(37-16-26-43(61-6)27-17-37)38-18-28-44(62-7)29-19-38/h8-34H,1-7H3. The summed E-state index contributed by atoms with van der Waals surface area (Å²) in [6.07, 6.45) is 0. The van der Waals surface area contributed by atoms with E-state index in [9.17, 15) is 0 Å². The molecule has 0 fully saturated rings. The lowest BCUT2D eigenvalue weighted by atomic mass is 9.76. The number of benzene rings is 7. The van der Waals surface area contributed by atoms with Gasteiger partial charge in [0.25, 0.3) is 0 Å². The molecule has 2 aliphatic rings. The molecule has 0 bridgehead atoms. The first-order chi connectivity index (χ1) is 30.6. The van der Waals surface area contributed by atoms with Gasteiger partial charge in [0, 0.05) is 66.0 Å². The van der Waals surface area contributed by atoms with Crippen molar-refractivity contribution in [1.82, 2.24) is 9.78 Å². The second-order valence-electron chi connectivity index (χ2n) is 16.8. The molecule has 0 aliphatic carbocycles. The molecule has 0 saturated carbocycles. The second-order valence-corrected chi connectivity index (χ2v) is 17.8. The van der Waals surface area contributed by atoms with Crippen LogP contribution in [0.1, 0.15) is 43.2 Å². The van der Waals surface area contributed by atoms with Gasteiger partial charge in [0.2, 0.25) is 0 Å². The van der Waals surface area contributed by atoms with Gasteiger partial charge in [-0.3, -0.25) is 0 Å². The number of methoxy groups -OCH3 is 4. The Morgan fingerprint density at radius 1 is 0.460 bits per heavy atom. The van der Waals surface area contributed by atoms with Crippen LogP contribution in [0.3, 0.4) is 0 Å². The molecule has 0 N–H and O–H groups in total. The van der Waals surface area contributed by atoms with Crippen molar-refractivity contribution in [1.29, 1.82) is 0 Å². The van der Waals surface area contributed by atoms with Crippen LogP contribution in [-0.4, -0.2) is 38.2 Å². The van der Waals surface area contributed by atoms with E-state index in [1.54, 1.807) is 40.2 Å². The summed E-state index contributed by atoms with van der Waals surface area (Å²) >= 11 is 1.80. The average Bonchev–Trinajstić information content (AvgIpc) is 3.89. The molecule has 314 valence electrons. The van der Waals surface area contributed by atoms with Gasteiger partial charge in [-0.2, -0.15) is 5.10 Å². The lowest BCUT2D eigenvalue weighted by molar-refractivity contribution is 0.414. The van der Waals surface area contributed by atoms with Crippen LogP contribution in [0.15, 0.2) is 174 Å². The van der Waals surface area contributed by atoms with E-state index in [2.05, 4.69) is 151 Å². The van der Waals surface area contributed by atoms with Crippen molar-refractivity contribution >= 4 is 45.9 Å². The summed E-state index contributed by atoms with van der Waals surface area (Å²) in [5, 5.41) is 5.63. The second kappa shape index (κ2) is 15.7. The number of hydrogen-bond acceptors (Lipinski definition) is 8. The van der Waals surface area contributed by atoms with E-state index in [4.69, 9.17) is 24.0 Å². The maximum atomic E-state index is 5.63. The Morgan fingerprint density at radius 3 is 1.22 bits per heavy atom. The monoisotopic (exact) mass is 848 g/mol. The molecule has 8 nitrogen and oxygen atoms in total. The van der Waals surface area contributed by atoms with E-state index in [1.807, 2.05) is 48.5 Å². The number of nitrogens with zero attached hydrogens (tertiary/aromatic N) is 4. The van der Waals surface area contributed by atoms with Crippen LogP contribution in [-0.2, 0) is 11.0 Å². The van der Waals surface area contributed by atoms with Gasteiger partial charge in [0.1, 0.15) is 28.5 Å². The van der Waals surface area contributed by atoms with E-state index < -0.39 is 5.54 Å². The zero-order chi connectivity index (χ0) is 43.5. The Balaban J connectivity index is 1.25. The minimum atomic E-state index is -0.839. The number of fused-ring (bicyclic) bond motifs is 9. The third kappa shape index (κ3) is 6.66. The summed E-state index contributed by atoms with van der Waals surface area (Å²) in [5.41, 5.74) is 11.8. The zero-order valence-electron chi connectivity index (χ0n) is 36.4. The average molecular weight is 849 g/mol. The maximum Gasteiger partial charge on any atom is 0.141 e. The van der Waals surface area contributed by atoms with Crippen LogP contribution in [0, 0.1) is 0 Å². The molecule has 8 aromatic rings. The SMILES string of the molecule is COc1ccc(N(c2ccc(OC)cc2)c2ccc3c(c2)C2(c4cc(N(c5ccc(OC)cc5)c5ccc(OC)cc5)ccc4S3)c3ccccc3-c3cc(C(C)(C)C)nn32)cc1. The van der Waals surface area contributed by atoms with Gasteiger partial charge in [0.05, 0.1) is 39.8 Å². The van der Waals surface area contributed by atoms with Crippen LogP contribution in [0.25, 0.3) is 11.3 Å². The van der Waals surface area contributed by atoms with E-state index in [1.165, 1.54) is 20.9 Å². The zero-order valence-corrected chi connectivity index (χ0v) is 37.2. The molecule has 63 heavy (non-hydrogen) atoms. The van der Waals surface area contributed by atoms with Gasteiger partial charge < -0.3 is 28.7 Å². The predicted molar refractivity (Wildman–Crippen MR) is 254 cm³/mol. The molecular formula is C54H48N4O4S. The van der Waals surface area contributed by atoms with Gasteiger partial charge in [-0.1, -0.05) is 56.8 Å². The number of anilines is 6. The van der Waals surface area contributed by atoms with Crippen molar-refractivity contribution < 1.29 is 18.9 Å². The highest BCUT2D eigenvalue weighted by molar-refractivity contribution is 7.99. The highest BCUT2D eigenvalue weighted by Crippen LogP contribution is 2.60. The molecule has 0 saturated heterocycles. The largest absolute Gasteiger partial charge is 0.497 e. The Labute approximate surface area is 373 Å².